The summed E-state index contributed by atoms with van der Waals surface area (Å²) in [6.45, 7) is 1.80. The molecule has 2 aromatic carbocycles. The van der Waals surface area contributed by atoms with Crippen molar-refractivity contribution in [1.29, 1.82) is 0 Å². The summed E-state index contributed by atoms with van der Waals surface area (Å²) in [5, 5.41) is 1.33. The van der Waals surface area contributed by atoms with Gasteiger partial charge in [0.15, 0.2) is 0 Å². The third kappa shape index (κ3) is 3.20. The summed E-state index contributed by atoms with van der Waals surface area (Å²) in [5.41, 5.74) is 1.17. The molecule has 150 valence electrons. The van der Waals surface area contributed by atoms with Gasteiger partial charge in [0, 0.05) is 33.1 Å². The molecular formula is C21H17F3N2O3. The lowest BCUT2D eigenvalue weighted by Crippen LogP contribution is -2.07. The number of methoxy groups -OCH3 is 1. The van der Waals surface area contributed by atoms with E-state index in [1.807, 2.05) is 30.3 Å². The number of benzene rings is 2. The van der Waals surface area contributed by atoms with E-state index in [9.17, 15) is 18.0 Å². The van der Waals surface area contributed by atoms with Gasteiger partial charge in [-0.15, -0.1) is 0 Å². The summed E-state index contributed by atoms with van der Waals surface area (Å²) in [6.07, 6.45) is -4.60. The molecule has 8 heteroatoms. The lowest BCUT2D eigenvalue weighted by Gasteiger charge is -2.12. The largest absolute Gasteiger partial charge is 0.496 e. The van der Waals surface area contributed by atoms with Crippen molar-refractivity contribution in [2.75, 3.05) is 13.7 Å². The number of para-hydroxylation sites is 1. The number of rotatable bonds is 4. The number of esters is 1. The summed E-state index contributed by atoms with van der Waals surface area (Å²) in [6, 6.07) is 11.6. The normalized spacial score (nSPS) is 11.9. The third-order valence-corrected chi connectivity index (χ3v) is 4.70. The van der Waals surface area contributed by atoms with E-state index >= 15 is 0 Å². The van der Waals surface area contributed by atoms with Gasteiger partial charge in [-0.25, -0.2) is 4.79 Å². The van der Waals surface area contributed by atoms with Crippen molar-refractivity contribution in [3.8, 4) is 17.0 Å². The highest BCUT2D eigenvalue weighted by Crippen LogP contribution is 2.42. The van der Waals surface area contributed by atoms with Crippen LogP contribution in [0.5, 0.6) is 5.75 Å². The molecule has 0 saturated heterocycles. The highest BCUT2D eigenvalue weighted by molar-refractivity contribution is 6.09. The first-order chi connectivity index (χ1) is 13.8. The minimum absolute atomic E-state index is 0.0785. The van der Waals surface area contributed by atoms with Gasteiger partial charge in [-0.3, -0.25) is 0 Å². The molecule has 0 amide bonds. The Morgan fingerprint density at radius 1 is 1.07 bits per heavy atom. The van der Waals surface area contributed by atoms with Crippen LogP contribution >= 0.6 is 0 Å². The number of H-pyrrole nitrogens is 2. The Morgan fingerprint density at radius 2 is 1.83 bits per heavy atom. The van der Waals surface area contributed by atoms with E-state index < -0.39 is 17.7 Å². The van der Waals surface area contributed by atoms with Crippen LogP contribution < -0.4 is 4.74 Å². The van der Waals surface area contributed by atoms with E-state index in [0.717, 1.165) is 17.0 Å². The maximum absolute atomic E-state index is 13.4. The molecule has 5 nitrogen and oxygen atoms in total. The molecule has 0 saturated carbocycles. The zero-order chi connectivity index (χ0) is 20.8. The SMILES string of the molecule is CCOC(=O)c1[nH]c2cc(C(F)(F)F)c(OC)cc2c1-c1cc2ccccc2[nH]1. The molecule has 4 aromatic rings. The summed E-state index contributed by atoms with van der Waals surface area (Å²) in [5.74, 6) is -0.971. The molecule has 0 fully saturated rings. The second-order valence-corrected chi connectivity index (χ2v) is 6.46. The first-order valence-electron chi connectivity index (χ1n) is 8.89. The van der Waals surface area contributed by atoms with Crippen LogP contribution in [0.4, 0.5) is 13.2 Å². The number of aromatic amines is 2. The van der Waals surface area contributed by atoms with E-state index in [0.29, 0.717) is 16.6 Å². The average Bonchev–Trinajstić information content (AvgIpc) is 3.26. The fourth-order valence-electron chi connectivity index (χ4n) is 3.46. The quantitative estimate of drug-likeness (QED) is 0.442. The van der Waals surface area contributed by atoms with E-state index in [1.165, 1.54) is 13.2 Å². The molecule has 0 bridgehead atoms. The second kappa shape index (κ2) is 6.88. The predicted octanol–water partition coefficient (Wildman–Crippen LogP) is 5.52. The fraction of sp³-hybridized carbons (Fsp3) is 0.190. The van der Waals surface area contributed by atoms with Gasteiger partial charge in [-0.1, -0.05) is 18.2 Å². The van der Waals surface area contributed by atoms with Crippen LogP contribution in [-0.2, 0) is 10.9 Å². The topological polar surface area (TPSA) is 67.1 Å². The van der Waals surface area contributed by atoms with Gasteiger partial charge in [-0.05, 0) is 31.2 Å². The number of hydrogen-bond donors (Lipinski definition) is 2. The zero-order valence-electron chi connectivity index (χ0n) is 15.6. The Morgan fingerprint density at radius 3 is 2.48 bits per heavy atom. The van der Waals surface area contributed by atoms with Gasteiger partial charge in [0.1, 0.15) is 11.4 Å². The average molecular weight is 402 g/mol. The van der Waals surface area contributed by atoms with Crippen LogP contribution in [0.15, 0.2) is 42.5 Å². The standard InChI is InChI=1S/C21H17F3N2O3/c1-3-29-20(27)19-18(16-8-11-6-4-5-7-14(11)25-16)12-9-17(28-2)13(21(22,23)24)10-15(12)26-19/h4-10,25-26H,3H2,1-2H3. The number of halogens is 3. The van der Waals surface area contributed by atoms with Crippen LogP contribution in [0, 0.1) is 0 Å². The lowest BCUT2D eigenvalue weighted by atomic mass is 10.0. The van der Waals surface area contributed by atoms with Crippen LogP contribution in [0.2, 0.25) is 0 Å². The summed E-state index contributed by atoms with van der Waals surface area (Å²) in [7, 11) is 1.18. The molecule has 0 spiro atoms. The fourth-order valence-corrected chi connectivity index (χ4v) is 3.46. The Balaban J connectivity index is 2.04. The lowest BCUT2D eigenvalue weighted by molar-refractivity contribution is -0.138. The number of aromatic nitrogens is 2. The van der Waals surface area contributed by atoms with Crippen molar-refractivity contribution < 1.29 is 27.4 Å². The summed E-state index contributed by atoms with van der Waals surface area (Å²) in [4.78, 5) is 18.6. The molecule has 0 radical (unpaired) electrons. The van der Waals surface area contributed by atoms with Crippen molar-refractivity contribution in [1.82, 2.24) is 9.97 Å². The van der Waals surface area contributed by atoms with Crippen LogP contribution in [-0.4, -0.2) is 29.7 Å². The van der Waals surface area contributed by atoms with Gasteiger partial charge < -0.3 is 19.4 Å². The monoisotopic (exact) mass is 402 g/mol. The first-order valence-corrected chi connectivity index (χ1v) is 8.89. The Hall–Kier alpha value is -3.42. The van der Waals surface area contributed by atoms with Gasteiger partial charge in [0.05, 0.1) is 19.3 Å². The van der Waals surface area contributed by atoms with Crippen molar-refractivity contribution in [3.05, 3.63) is 53.7 Å². The smallest absolute Gasteiger partial charge is 0.420 e. The van der Waals surface area contributed by atoms with Crippen molar-refractivity contribution in [3.63, 3.8) is 0 Å². The minimum atomic E-state index is -4.60. The molecule has 2 N–H and O–H groups in total. The first kappa shape index (κ1) is 18.9. The Kier molecular flexibility index (Phi) is 4.49. The summed E-state index contributed by atoms with van der Waals surface area (Å²) < 4.78 is 50.4. The molecule has 4 rings (SSSR count). The van der Waals surface area contributed by atoms with Crippen LogP contribution in [0.3, 0.4) is 0 Å². The van der Waals surface area contributed by atoms with Crippen molar-refractivity contribution >= 4 is 27.8 Å². The Bertz CT molecular complexity index is 1190. The van der Waals surface area contributed by atoms with Gasteiger partial charge >= 0.3 is 12.1 Å². The highest BCUT2D eigenvalue weighted by atomic mass is 19.4. The number of nitrogens with one attached hydrogen (secondary N) is 2. The van der Waals surface area contributed by atoms with Gasteiger partial charge in [-0.2, -0.15) is 13.2 Å². The number of hydrogen-bond acceptors (Lipinski definition) is 3. The van der Waals surface area contributed by atoms with Crippen LogP contribution in [0.1, 0.15) is 23.0 Å². The van der Waals surface area contributed by atoms with E-state index in [4.69, 9.17) is 9.47 Å². The van der Waals surface area contributed by atoms with Gasteiger partial charge in [0.2, 0.25) is 0 Å². The molecule has 0 atom stereocenters. The number of carbonyl (C=O) groups is 1. The molecule has 2 heterocycles. The van der Waals surface area contributed by atoms with E-state index in [-0.39, 0.29) is 23.6 Å². The second-order valence-electron chi connectivity index (χ2n) is 6.46. The molecule has 0 unspecified atom stereocenters. The molecule has 29 heavy (non-hydrogen) atoms. The predicted molar refractivity (Wildman–Crippen MR) is 103 cm³/mol. The molecule has 0 aliphatic rings. The maximum atomic E-state index is 13.4. The molecular weight excluding hydrogens is 385 g/mol. The molecule has 0 aliphatic carbocycles. The molecule has 0 aliphatic heterocycles. The van der Waals surface area contributed by atoms with E-state index in [2.05, 4.69) is 9.97 Å². The number of carbonyl (C=O) groups excluding carboxylic acids is 1. The number of alkyl halides is 3. The van der Waals surface area contributed by atoms with Crippen molar-refractivity contribution in [2.24, 2.45) is 0 Å². The molecule has 2 aromatic heterocycles. The zero-order valence-corrected chi connectivity index (χ0v) is 15.6. The van der Waals surface area contributed by atoms with Crippen molar-refractivity contribution in [2.45, 2.75) is 13.1 Å². The highest BCUT2D eigenvalue weighted by Gasteiger charge is 2.35. The van der Waals surface area contributed by atoms with E-state index in [1.54, 1.807) is 6.92 Å². The van der Waals surface area contributed by atoms with Crippen LogP contribution in [0.25, 0.3) is 33.1 Å². The minimum Gasteiger partial charge on any atom is -0.496 e. The third-order valence-electron chi connectivity index (χ3n) is 4.70. The maximum Gasteiger partial charge on any atom is 0.420 e. The summed E-state index contributed by atoms with van der Waals surface area (Å²) >= 11 is 0. The number of fused-ring (bicyclic) bond motifs is 2. The Labute approximate surface area is 163 Å². The van der Waals surface area contributed by atoms with Gasteiger partial charge in [0.25, 0.3) is 0 Å². The number of ether oxygens (including phenoxy) is 2.